The molecule has 8 heteroatoms. The standard InChI is InChI=1S/C19H29F2NO4S/c1-18(2,3)16(23)14(22-19(4,5)6)12-27(24,25)11-13-9-7-8-10-15(13)26-17(20)21/h7-10,14,17,22H,11-12H2,1-6H3. The third-order valence-corrected chi connectivity index (χ3v) is 5.24. The average molecular weight is 406 g/mol. The number of ketones is 1. The zero-order valence-corrected chi connectivity index (χ0v) is 17.5. The molecule has 154 valence electrons. The van der Waals surface area contributed by atoms with Crippen LogP contribution in [0.4, 0.5) is 8.78 Å². The number of rotatable bonds is 8. The van der Waals surface area contributed by atoms with Crippen LogP contribution in [0.15, 0.2) is 24.3 Å². The van der Waals surface area contributed by atoms with E-state index in [1.165, 1.54) is 18.2 Å². The zero-order valence-electron chi connectivity index (χ0n) is 16.7. The number of carbonyl (C=O) groups is 1. The molecule has 1 aromatic carbocycles. The van der Waals surface area contributed by atoms with Gasteiger partial charge in [0.2, 0.25) is 0 Å². The van der Waals surface area contributed by atoms with Gasteiger partial charge in [0.1, 0.15) is 5.75 Å². The smallest absolute Gasteiger partial charge is 0.387 e. The molecule has 27 heavy (non-hydrogen) atoms. The van der Waals surface area contributed by atoms with E-state index < -0.39 is 45.0 Å². The highest BCUT2D eigenvalue weighted by molar-refractivity contribution is 7.90. The summed E-state index contributed by atoms with van der Waals surface area (Å²) in [6, 6.07) is 4.85. The van der Waals surface area contributed by atoms with E-state index in [9.17, 15) is 22.0 Å². The molecule has 1 rings (SSSR count). The Hall–Kier alpha value is -1.54. The molecule has 0 amide bonds. The minimum Gasteiger partial charge on any atom is -0.435 e. The van der Waals surface area contributed by atoms with E-state index >= 15 is 0 Å². The van der Waals surface area contributed by atoms with Gasteiger partial charge in [-0.15, -0.1) is 0 Å². The molecular weight excluding hydrogens is 376 g/mol. The summed E-state index contributed by atoms with van der Waals surface area (Å²) in [5.74, 6) is -1.32. The van der Waals surface area contributed by atoms with Gasteiger partial charge in [0, 0.05) is 16.5 Å². The second-order valence-corrected chi connectivity index (χ2v) is 10.7. The number of sulfone groups is 1. The van der Waals surface area contributed by atoms with Gasteiger partial charge < -0.3 is 10.1 Å². The summed E-state index contributed by atoms with van der Waals surface area (Å²) in [5.41, 5.74) is -1.07. The minimum atomic E-state index is -3.78. The second-order valence-electron chi connectivity index (χ2n) is 8.60. The van der Waals surface area contributed by atoms with Crippen LogP contribution in [0, 0.1) is 5.41 Å². The number of hydrogen-bond donors (Lipinski definition) is 1. The van der Waals surface area contributed by atoms with Crippen LogP contribution in [-0.4, -0.2) is 38.1 Å². The number of nitrogens with one attached hydrogen (secondary N) is 1. The Morgan fingerprint density at radius 1 is 1.11 bits per heavy atom. The molecule has 5 nitrogen and oxygen atoms in total. The van der Waals surface area contributed by atoms with Gasteiger partial charge in [-0.3, -0.25) is 4.79 Å². The van der Waals surface area contributed by atoms with E-state index in [0.29, 0.717) is 0 Å². The molecule has 0 aromatic heterocycles. The largest absolute Gasteiger partial charge is 0.435 e. The lowest BCUT2D eigenvalue weighted by Gasteiger charge is -2.31. The average Bonchev–Trinajstić information content (AvgIpc) is 2.44. The van der Waals surface area contributed by atoms with Gasteiger partial charge in [0.05, 0.1) is 17.5 Å². The second kappa shape index (κ2) is 8.65. The van der Waals surface area contributed by atoms with E-state index in [4.69, 9.17) is 0 Å². The van der Waals surface area contributed by atoms with Crippen LogP contribution < -0.4 is 10.1 Å². The molecule has 0 saturated heterocycles. The molecule has 0 heterocycles. The predicted octanol–water partition coefficient (Wildman–Crippen LogP) is 3.57. The molecule has 0 aliphatic heterocycles. The van der Waals surface area contributed by atoms with Crippen molar-refractivity contribution in [2.45, 2.75) is 65.5 Å². The highest BCUT2D eigenvalue weighted by Crippen LogP contribution is 2.24. The highest BCUT2D eigenvalue weighted by atomic mass is 32.2. The monoisotopic (exact) mass is 405 g/mol. The molecule has 1 aromatic rings. The van der Waals surface area contributed by atoms with Gasteiger partial charge in [-0.1, -0.05) is 39.0 Å². The Kier molecular flexibility index (Phi) is 7.52. The summed E-state index contributed by atoms with van der Waals surface area (Å²) in [4.78, 5) is 12.7. The van der Waals surface area contributed by atoms with Crippen LogP contribution in [0.3, 0.4) is 0 Å². The number of ether oxygens (including phenoxy) is 1. The maximum Gasteiger partial charge on any atom is 0.387 e. The molecule has 0 fully saturated rings. The lowest BCUT2D eigenvalue weighted by molar-refractivity contribution is -0.128. The zero-order chi connectivity index (χ0) is 21.0. The Morgan fingerprint density at radius 2 is 1.67 bits per heavy atom. The van der Waals surface area contributed by atoms with Crippen molar-refractivity contribution in [1.29, 1.82) is 0 Å². The first-order valence-electron chi connectivity index (χ1n) is 8.66. The van der Waals surface area contributed by atoms with Crippen molar-refractivity contribution in [1.82, 2.24) is 5.32 Å². The topological polar surface area (TPSA) is 72.5 Å². The molecule has 1 atom stereocenters. The van der Waals surface area contributed by atoms with Crippen LogP contribution in [-0.2, 0) is 20.4 Å². The van der Waals surface area contributed by atoms with Crippen LogP contribution in [0.2, 0.25) is 0 Å². The van der Waals surface area contributed by atoms with Crippen molar-refractivity contribution in [3.63, 3.8) is 0 Å². The fourth-order valence-corrected chi connectivity index (χ4v) is 4.18. The first kappa shape index (κ1) is 23.5. The van der Waals surface area contributed by atoms with E-state index in [-0.39, 0.29) is 17.1 Å². The van der Waals surface area contributed by atoms with Crippen molar-refractivity contribution >= 4 is 15.6 Å². The summed E-state index contributed by atoms with van der Waals surface area (Å²) >= 11 is 0. The van der Waals surface area contributed by atoms with Crippen LogP contribution in [0.1, 0.15) is 47.1 Å². The Bertz CT molecular complexity index is 750. The lowest BCUT2D eigenvalue weighted by atomic mass is 9.86. The number of halogens is 2. The molecule has 0 bridgehead atoms. The summed E-state index contributed by atoms with van der Waals surface area (Å²) in [6.07, 6.45) is 0. The SMILES string of the molecule is CC(C)(C)NC(CS(=O)(=O)Cc1ccccc1OC(F)F)C(=O)C(C)(C)C. The molecule has 0 saturated carbocycles. The van der Waals surface area contributed by atoms with Gasteiger partial charge in [-0.05, 0) is 26.8 Å². The van der Waals surface area contributed by atoms with Crippen LogP contribution in [0.25, 0.3) is 0 Å². The normalized spacial score (nSPS) is 14.3. The Balaban J connectivity index is 3.09. The minimum absolute atomic E-state index is 0.135. The van der Waals surface area contributed by atoms with Gasteiger partial charge in [0.25, 0.3) is 0 Å². The fourth-order valence-electron chi connectivity index (χ4n) is 2.61. The van der Waals surface area contributed by atoms with Gasteiger partial charge >= 0.3 is 6.61 Å². The Labute approximate surface area is 160 Å². The molecule has 0 aliphatic rings. The molecule has 0 aliphatic carbocycles. The highest BCUT2D eigenvalue weighted by Gasteiger charge is 2.35. The number of alkyl halides is 2. The van der Waals surface area contributed by atoms with E-state index in [0.717, 1.165) is 0 Å². The molecule has 0 spiro atoms. The number of hydrogen-bond acceptors (Lipinski definition) is 5. The van der Waals surface area contributed by atoms with E-state index in [2.05, 4.69) is 10.1 Å². The predicted molar refractivity (Wildman–Crippen MR) is 102 cm³/mol. The third kappa shape index (κ3) is 8.34. The molecule has 1 N–H and O–H groups in total. The summed E-state index contributed by atoms with van der Waals surface area (Å²) in [7, 11) is -3.78. The molecular formula is C19H29F2NO4S. The van der Waals surface area contributed by atoms with Crippen molar-refractivity contribution in [2.75, 3.05) is 5.75 Å². The summed E-state index contributed by atoms with van der Waals surface area (Å²) in [6.45, 7) is 7.66. The molecule has 1 unspecified atom stereocenters. The van der Waals surface area contributed by atoms with Crippen molar-refractivity contribution in [2.24, 2.45) is 5.41 Å². The van der Waals surface area contributed by atoms with Crippen LogP contribution >= 0.6 is 0 Å². The first-order chi connectivity index (χ1) is 12.1. The number of benzene rings is 1. The maximum absolute atomic E-state index is 12.7. The number of para-hydroxylation sites is 1. The Morgan fingerprint density at radius 3 is 2.15 bits per heavy atom. The third-order valence-electron chi connectivity index (χ3n) is 3.65. The van der Waals surface area contributed by atoms with Gasteiger partial charge in [-0.25, -0.2) is 8.42 Å². The van der Waals surface area contributed by atoms with Crippen molar-refractivity contribution < 1.29 is 26.7 Å². The number of carbonyl (C=O) groups excluding carboxylic acids is 1. The number of Topliss-reactive ketones (excluding diaryl/α,β-unsaturated/α-hetero) is 1. The van der Waals surface area contributed by atoms with Gasteiger partial charge in [0.15, 0.2) is 15.6 Å². The lowest BCUT2D eigenvalue weighted by Crippen LogP contribution is -2.53. The summed E-state index contributed by atoms with van der Waals surface area (Å²) in [5, 5.41) is 3.07. The molecule has 0 radical (unpaired) electrons. The van der Waals surface area contributed by atoms with E-state index in [1.807, 2.05) is 20.8 Å². The van der Waals surface area contributed by atoms with E-state index in [1.54, 1.807) is 26.8 Å². The quantitative estimate of drug-likeness (QED) is 0.716. The van der Waals surface area contributed by atoms with Crippen molar-refractivity contribution in [3.8, 4) is 5.75 Å². The van der Waals surface area contributed by atoms with Crippen LogP contribution in [0.5, 0.6) is 5.75 Å². The van der Waals surface area contributed by atoms with Gasteiger partial charge in [-0.2, -0.15) is 8.78 Å². The van der Waals surface area contributed by atoms with Crippen molar-refractivity contribution in [3.05, 3.63) is 29.8 Å². The fraction of sp³-hybridized carbons (Fsp3) is 0.632. The maximum atomic E-state index is 12.7. The summed E-state index contributed by atoms with van der Waals surface area (Å²) < 4.78 is 54.9. The first-order valence-corrected chi connectivity index (χ1v) is 10.5.